The molecule has 0 aliphatic carbocycles. The molecule has 5 heteroatoms. The van der Waals surface area contributed by atoms with E-state index in [9.17, 15) is 4.79 Å². The summed E-state index contributed by atoms with van der Waals surface area (Å²) in [4.78, 5) is 19.0. The maximum absolute atomic E-state index is 14.4. The van der Waals surface area contributed by atoms with Crippen LogP contribution < -0.4 is 0 Å². The van der Waals surface area contributed by atoms with Crippen molar-refractivity contribution < 1.29 is 4.79 Å². The molecule has 1 aliphatic rings. The summed E-state index contributed by atoms with van der Waals surface area (Å²) < 4.78 is 3.26. The van der Waals surface area contributed by atoms with E-state index >= 15 is 0 Å². The van der Waals surface area contributed by atoms with Crippen molar-refractivity contribution in [3.05, 3.63) is 161 Å². The lowest BCUT2D eigenvalue weighted by molar-refractivity contribution is 0.0438. The number of carbonyl (C=O) groups is 1. The van der Waals surface area contributed by atoms with E-state index in [1.165, 1.54) is 11.1 Å². The molecule has 2 heterocycles. The molecule has 0 bridgehead atoms. The third-order valence-electron chi connectivity index (χ3n) is 7.69. The van der Waals surface area contributed by atoms with Crippen molar-refractivity contribution in [1.29, 1.82) is 0 Å². The topological polar surface area (TPSA) is 28.5 Å². The summed E-state index contributed by atoms with van der Waals surface area (Å²) in [5.41, 5.74) is 6.55. The van der Waals surface area contributed by atoms with Gasteiger partial charge in [-0.05, 0) is 55.7 Å². The van der Waals surface area contributed by atoms with Gasteiger partial charge in [-0.15, -0.1) is 0 Å². The van der Waals surface area contributed by atoms with Gasteiger partial charge in [0.05, 0.1) is 5.56 Å². The Labute approximate surface area is 265 Å². The number of carbonyl (C=O) groups excluding carboxylic acids is 1. The SMILES string of the molecule is C/C=C\Cc1c(C(=O)N2CCN(Cc3ccccc3)C[C@H]2Cc2ccccc2)cc(C)n1-c1cccc(Br)c1.C=CC=C. The highest BCUT2D eigenvalue weighted by Crippen LogP contribution is 2.28. The van der Waals surface area contributed by atoms with Gasteiger partial charge in [0, 0.05) is 60.2 Å². The summed E-state index contributed by atoms with van der Waals surface area (Å²) in [5, 5.41) is 0. The molecule has 43 heavy (non-hydrogen) atoms. The van der Waals surface area contributed by atoms with Crippen molar-refractivity contribution in [2.24, 2.45) is 0 Å². The average molecular weight is 637 g/mol. The van der Waals surface area contributed by atoms with Gasteiger partial charge in [0.15, 0.2) is 0 Å². The van der Waals surface area contributed by atoms with Crippen LogP contribution in [0.25, 0.3) is 5.69 Å². The highest BCUT2D eigenvalue weighted by atomic mass is 79.9. The predicted molar refractivity (Wildman–Crippen MR) is 184 cm³/mol. The lowest BCUT2D eigenvalue weighted by Gasteiger charge is -2.42. The number of benzene rings is 3. The zero-order valence-electron chi connectivity index (χ0n) is 25.3. The van der Waals surface area contributed by atoms with Crippen LogP contribution in [0.1, 0.15) is 39.8 Å². The molecule has 0 radical (unpaired) electrons. The van der Waals surface area contributed by atoms with Crippen molar-refractivity contribution in [3.63, 3.8) is 0 Å². The van der Waals surface area contributed by atoms with Crippen molar-refractivity contribution in [3.8, 4) is 5.69 Å². The molecule has 1 saturated heterocycles. The van der Waals surface area contributed by atoms with Crippen LogP contribution in [-0.4, -0.2) is 46.0 Å². The van der Waals surface area contributed by atoms with E-state index in [2.05, 4.69) is 141 Å². The Morgan fingerprint density at radius 3 is 2.21 bits per heavy atom. The van der Waals surface area contributed by atoms with Crippen LogP contribution in [0.15, 0.2) is 133 Å². The highest BCUT2D eigenvalue weighted by Gasteiger charge is 2.33. The summed E-state index contributed by atoms with van der Waals surface area (Å²) in [6.07, 6.45) is 9.02. The van der Waals surface area contributed by atoms with E-state index < -0.39 is 0 Å². The summed E-state index contributed by atoms with van der Waals surface area (Å²) in [7, 11) is 0. The molecule has 0 N–H and O–H groups in total. The molecule has 1 fully saturated rings. The molecule has 0 spiro atoms. The van der Waals surface area contributed by atoms with E-state index in [1.54, 1.807) is 12.2 Å². The number of amides is 1. The monoisotopic (exact) mass is 635 g/mol. The van der Waals surface area contributed by atoms with E-state index in [0.717, 1.165) is 53.2 Å². The Morgan fingerprint density at radius 1 is 0.907 bits per heavy atom. The number of aryl methyl sites for hydroxylation is 1. The van der Waals surface area contributed by atoms with Crippen molar-refractivity contribution >= 4 is 21.8 Å². The molecule has 1 amide bonds. The standard InChI is InChI=1S/C34H36BrN3O.C4H6/c1-3-4-18-33-32(21-26(2)38(33)30-17-11-16-29(35)23-30)34(39)37-20-19-36(24-28-14-9-6-10-15-28)25-31(37)22-27-12-7-5-8-13-27;1-3-4-2/h3-17,21,23,31H,18-20,22,24-25H2,1-2H3;3-4H,1-2H2/b4-3-;/t31-;/m1./s1. The molecule has 222 valence electrons. The van der Waals surface area contributed by atoms with E-state index in [4.69, 9.17) is 0 Å². The third-order valence-corrected chi connectivity index (χ3v) is 8.18. The van der Waals surface area contributed by atoms with Crippen molar-refractivity contribution in [2.75, 3.05) is 19.6 Å². The fourth-order valence-electron chi connectivity index (χ4n) is 5.67. The van der Waals surface area contributed by atoms with Crippen molar-refractivity contribution in [1.82, 2.24) is 14.4 Å². The predicted octanol–water partition coefficient (Wildman–Crippen LogP) is 8.59. The van der Waals surface area contributed by atoms with E-state index in [1.807, 2.05) is 19.1 Å². The highest BCUT2D eigenvalue weighted by molar-refractivity contribution is 9.10. The number of aromatic nitrogens is 1. The van der Waals surface area contributed by atoms with Crippen LogP contribution >= 0.6 is 15.9 Å². The van der Waals surface area contributed by atoms with Gasteiger partial charge in [0.25, 0.3) is 5.91 Å². The first kappa shape index (κ1) is 32.0. The normalized spacial score (nSPS) is 15.1. The molecule has 0 unspecified atom stereocenters. The summed E-state index contributed by atoms with van der Waals surface area (Å²) in [6, 6.07) is 31.7. The maximum Gasteiger partial charge on any atom is 0.256 e. The Bertz CT molecular complexity index is 1520. The summed E-state index contributed by atoms with van der Waals surface area (Å²) in [5.74, 6) is 0.131. The zero-order chi connectivity index (χ0) is 30.6. The van der Waals surface area contributed by atoms with Gasteiger partial charge >= 0.3 is 0 Å². The van der Waals surface area contributed by atoms with Crippen LogP contribution in [0.2, 0.25) is 0 Å². The second kappa shape index (κ2) is 16.1. The first-order valence-corrected chi connectivity index (χ1v) is 15.7. The zero-order valence-corrected chi connectivity index (χ0v) is 26.9. The van der Waals surface area contributed by atoms with Crippen LogP contribution in [0.5, 0.6) is 0 Å². The van der Waals surface area contributed by atoms with Crippen LogP contribution in [0, 0.1) is 6.92 Å². The fraction of sp³-hybridized carbons (Fsp3) is 0.237. The fourth-order valence-corrected chi connectivity index (χ4v) is 6.06. The maximum atomic E-state index is 14.4. The van der Waals surface area contributed by atoms with Gasteiger partial charge < -0.3 is 9.47 Å². The minimum absolute atomic E-state index is 0.0986. The first-order chi connectivity index (χ1) is 20.9. The molecular formula is C38H42BrN3O. The van der Waals surface area contributed by atoms with Crippen LogP contribution in [-0.2, 0) is 19.4 Å². The lowest BCUT2D eigenvalue weighted by Crippen LogP contribution is -2.55. The number of halogens is 1. The smallest absolute Gasteiger partial charge is 0.256 e. The third kappa shape index (κ3) is 8.56. The number of piperazine rings is 1. The van der Waals surface area contributed by atoms with Crippen LogP contribution in [0.3, 0.4) is 0 Å². The average Bonchev–Trinajstić information content (AvgIpc) is 3.36. The molecule has 1 aliphatic heterocycles. The summed E-state index contributed by atoms with van der Waals surface area (Å²) >= 11 is 3.62. The van der Waals surface area contributed by atoms with Gasteiger partial charge in [0.2, 0.25) is 0 Å². The Kier molecular flexibility index (Phi) is 12.0. The van der Waals surface area contributed by atoms with Crippen molar-refractivity contribution in [2.45, 2.75) is 39.3 Å². The second-order valence-electron chi connectivity index (χ2n) is 10.8. The second-order valence-corrected chi connectivity index (χ2v) is 11.7. The lowest BCUT2D eigenvalue weighted by atomic mass is 10.00. The number of hydrogen-bond donors (Lipinski definition) is 0. The largest absolute Gasteiger partial charge is 0.333 e. The molecule has 4 nitrogen and oxygen atoms in total. The van der Waals surface area contributed by atoms with Gasteiger partial charge in [-0.25, -0.2) is 0 Å². The number of nitrogens with zero attached hydrogens (tertiary/aromatic N) is 3. The Hall–Kier alpha value is -3.93. The number of allylic oxidation sites excluding steroid dienone is 4. The molecule has 4 aromatic rings. The minimum atomic E-state index is 0.0986. The van der Waals surface area contributed by atoms with Gasteiger partial charge in [-0.3, -0.25) is 9.69 Å². The Balaban J connectivity index is 0.000000996. The number of rotatable bonds is 9. The molecule has 1 atom stereocenters. The molecule has 5 rings (SSSR count). The van der Waals surface area contributed by atoms with Crippen LogP contribution in [0.4, 0.5) is 0 Å². The van der Waals surface area contributed by atoms with E-state index in [-0.39, 0.29) is 11.9 Å². The van der Waals surface area contributed by atoms with E-state index in [0.29, 0.717) is 13.0 Å². The summed E-state index contributed by atoms with van der Waals surface area (Å²) in [6.45, 7) is 14.2. The van der Waals surface area contributed by atoms with Gasteiger partial charge in [-0.1, -0.05) is 120 Å². The molecule has 3 aromatic carbocycles. The quantitative estimate of drug-likeness (QED) is 0.136. The van der Waals surface area contributed by atoms with Gasteiger partial charge in [-0.2, -0.15) is 0 Å². The van der Waals surface area contributed by atoms with Gasteiger partial charge in [0.1, 0.15) is 0 Å². The Morgan fingerprint density at radius 2 is 1.58 bits per heavy atom. The minimum Gasteiger partial charge on any atom is -0.333 e. The first-order valence-electron chi connectivity index (χ1n) is 14.9. The molecule has 1 aromatic heterocycles. The number of hydrogen-bond acceptors (Lipinski definition) is 2. The molecular weight excluding hydrogens is 594 g/mol. The molecule has 0 saturated carbocycles.